The number of sulfonamides is 1. The van der Waals surface area contributed by atoms with E-state index in [4.69, 9.17) is 4.52 Å². The lowest BCUT2D eigenvalue weighted by Gasteiger charge is -2.19. The number of anilines is 1. The highest BCUT2D eigenvalue weighted by Crippen LogP contribution is 2.19. The molecule has 28 heavy (non-hydrogen) atoms. The van der Waals surface area contributed by atoms with Crippen molar-refractivity contribution in [3.05, 3.63) is 41.3 Å². The first-order valence-corrected chi connectivity index (χ1v) is 10.7. The van der Waals surface area contributed by atoms with E-state index in [1.807, 2.05) is 18.2 Å². The largest absolute Gasteiger partial charge is 0.360 e. The molecule has 1 aromatic carbocycles. The van der Waals surface area contributed by atoms with Gasteiger partial charge in [0, 0.05) is 12.2 Å². The summed E-state index contributed by atoms with van der Waals surface area (Å²) in [6.07, 6.45) is 0. The Bertz CT molecular complexity index is 900. The first kappa shape index (κ1) is 22.1. The summed E-state index contributed by atoms with van der Waals surface area (Å²) in [5.41, 5.74) is 1.95. The Kier molecular flexibility index (Phi) is 7.34. The monoisotopic (exact) mass is 408 g/mol. The molecule has 2 aromatic rings. The van der Waals surface area contributed by atoms with Crippen LogP contribution in [-0.4, -0.2) is 43.5 Å². The average molecular weight is 409 g/mol. The molecule has 2 N–H and O–H groups in total. The Labute approximate surface area is 166 Å². The van der Waals surface area contributed by atoms with E-state index in [2.05, 4.69) is 33.9 Å². The van der Waals surface area contributed by atoms with Crippen LogP contribution in [0.25, 0.3) is 0 Å². The predicted molar refractivity (Wildman–Crippen MR) is 107 cm³/mol. The van der Waals surface area contributed by atoms with Crippen molar-refractivity contribution in [2.24, 2.45) is 0 Å². The van der Waals surface area contributed by atoms with E-state index in [1.165, 1.54) is 20.8 Å². The molecule has 1 aromatic heterocycles. The van der Waals surface area contributed by atoms with Crippen LogP contribution in [0.3, 0.4) is 0 Å². The normalized spacial score (nSPS) is 12.9. The highest BCUT2D eigenvalue weighted by molar-refractivity contribution is 7.89. The lowest BCUT2D eigenvalue weighted by atomic mass is 10.2. The van der Waals surface area contributed by atoms with Crippen LogP contribution >= 0.6 is 0 Å². The van der Waals surface area contributed by atoms with Crippen molar-refractivity contribution in [2.75, 3.05) is 18.4 Å². The molecule has 8 nitrogen and oxygen atoms in total. The Balaban J connectivity index is 2.06. The van der Waals surface area contributed by atoms with E-state index < -0.39 is 22.0 Å². The van der Waals surface area contributed by atoms with Crippen molar-refractivity contribution in [3.8, 4) is 0 Å². The molecule has 1 heterocycles. The van der Waals surface area contributed by atoms with Crippen molar-refractivity contribution >= 4 is 21.6 Å². The minimum atomic E-state index is -3.92. The van der Waals surface area contributed by atoms with Crippen LogP contribution in [0.2, 0.25) is 0 Å². The van der Waals surface area contributed by atoms with Crippen molar-refractivity contribution in [2.45, 2.75) is 52.1 Å². The van der Waals surface area contributed by atoms with Gasteiger partial charge < -0.3 is 9.84 Å². The zero-order valence-corrected chi connectivity index (χ0v) is 17.8. The molecule has 1 amide bonds. The first-order chi connectivity index (χ1) is 13.2. The van der Waals surface area contributed by atoms with Gasteiger partial charge in [-0.25, -0.2) is 8.42 Å². The van der Waals surface area contributed by atoms with Gasteiger partial charge in [0.05, 0.1) is 6.04 Å². The summed E-state index contributed by atoms with van der Waals surface area (Å²) in [6, 6.07) is 6.57. The number of nitrogens with zero attached hydrogens (tertiary/aromatic N) is 2. The molecule has 0 bridgehead atoms. The third kappa shape index (κ3) is 5.40. The van der Waals surface area contributed by atoms with Gasteiger partial charge in [0.1, 0.15) is 10.6 Å². The van der Waals surface area contributed by atoms with Gasteiger partial charge in [-0.05, 0) is 51.6 Å². The quantitative estimate of drug-likeness (QED) is 0.660. The molecule has 0 unspecified atom stereocenters. The number of aromatic nitrogens is 1. The first-order valence-electron chi connectivity index (χ1n) is 9.25. The number of carbonyl (C=O) groups excluding carboxylic acids is 1. The van der Waals surface area contributed by atoms with Crippen molar-refractivity contribution in [3.63, 3.8) is 0 Å². The molecule has 0 aliphatic carbocycles. The summed E-state index contributed by atoms with van der Waals surface area (Å²) >= 11 is 0. The number of benzene rings is 1. The van der Waals surface area contributed by atoms with Crippen LogP contribution in [0.15, 0.2) is 33.7 Å². The third-order valence-corrected chi connectivity index (χ3v) is 6.24. The van der Waals surface area contributed by atoms with Crippen molar-refractivity contribution < 1.29 is 17.7 Å². The van der Waals surface area contributed by atoms with E-state index in [9.17, 15) is 13.2 Å². The number of carbonyl (C=O) groups is 1. The summed E-state index contributed by atoms with van der Waals surface area (Å²) < 4.78 is 32.4. The fourth-order valence-electron chi connectivity index (χ4n) is 2.91. The number of hydrogen-bond acceptors (Lipinski definition) is 6. The van der Waals surface area contributed by atoms with Gasteiger partial charge in [-0.3, -0.25) is 9.69 Å². The number of rotatable bonds is 9. The SMILES string of the molecule is CCN(CC)Cc1cccc(NC(=O)[C@H](C)NS(=O)(=O)c2c(C)noc2C)c1. The van der Waals surface area contributed by atoms with Gasteiger partial charge in [-0.2, -0.15) is 4.72 Å². The summed E-state index contributed by atoms with van der Waals surface area (Å²) in [7, 11) is -3.92. The maximum atomic E-state index is 12.5. The number of nitrogens with one attached hydrogen (secondary N) is 2. The Morgan fingerprint density at radius 3 is 2.50 bits per heavy atom. The molecule has 0 spiro atoms. The summed E-state index contributed by atoms with van der Waals surface area (Å²) in [4.78, 5) is 14.7. The molecular weight excluding hydrogens is 380 g/mol. The van der Waals surface area contributed by atoms with E-state index in [0.717, 1.165) is 25.2 Å². The van der Waals surface area contributed by atoms with Gasteiger partial charge in [0.15, 0.2) is 5.76 Å². The van der Waals surface area contributed by atoms with E-state index >= 15 is 0 Å². The maximum absolute atomic E-state index is 12.5. The maximum Gasteiger partial charge on any atom is 0.246 e. The smallest absolute Gasteiger partial charge is 0.246 e. The highest BCUT2D eigenvalue weighted by atomic mass is 32.2. The molecule has 1 atom stereocenters. The Morgan fingerprint density at radius 2 is 1.93 bits per heavy atom. The fourth-order valence-corrected chi connectivity index (χ4v) is 4.44. The summed E-state index contributed by atoms with van der Waals surface area (Å²) in [5, 5.41) is 6.42. The van der Waals surface area contributed by atoms with E-state index in [-0.39, 0.29) is 16.3 Å². The standard InChI is InChI=1S/C19H28N4O4S/c1-6-23(7-2)12-16-9-8-10-17(11-16)20-19(24)14(4)22-28(25,26)18-13(3)21-27-15(18)5/h8-11,14,22H,6-7,12H2,1-5H3,(H,20,24)/t14-/m0/s1. The van der Waals surface area contributed by atoms with Crippen molar-refractivity contribution in [1.29, 1.82) is 0 Å². The minimum absolute atomic E-state index is 0.0339. The number of amides is 1. The molecule has 0 saturated heterocycles. The van der Waals surface area contributed by atoms with Crippen molar-refractivity contribution in [1.82, 2.24) is 14.8 Å². The van der Waals surface area contributed by atoms with Gasteiger partial charge in [0.25, 0.3) is 0 Å². The molecule has 0 aliphatic heterocycles. The lowest BCUT2D eigenvalue weighted by molar-refractivity contribution is -0.117. The van der Waals surface area contributed by atoms with Crippen LogP contribution in [0.4, 0.5) is 5.69 Å². The van der Waals surface area contributed by atoms with Crippen LogP contribution in [0.1, 0.15) is 37.8 Å². The second-order valence-electron chi connectivity index (χ2n) is 6.65. The Hall–Kier alpha value is -2.23. The van der Waals surface area contributed by atoms with E-state index in [0.29, 0.717) is 5.69 Å². The van der Waals surface area contributed by atoms with Gasteiger partial charge in [-0.1, -0.05) is 31.1 Å². The molecule has 154 valence electrons. The van der Waals surface area contributed by atoms with Gasteiger partial charge in [-0.15, -0.1) is 0 Å². The molecule has 2 rings (SSSR count). The third-order valence-electron chi connectivity index (χ3n) is 4.46. The fraction of sp³-hybridized carbons (Fsp3) is 0.474. The molecule has 0 radical (unpaired) electrons. The summed E-state index contributed by atoms with van der Waals surface area (Å²) in [5.74, 6) is -0.267. The van der Waals surface area contributed by atoms with Gasteiger partial charge in [0.2, 0.25) is 15.9 Å². The molecule has 9 heteroatoms. The van der Waals surface area contributed by atoms with Crippen LogP contribution < -0.4 is 10.0 Å². The number of hydrogen-bond donors (Lipinski definition) is 2. The van der Waals surface area contributed by atoms with Crippen LogP contribution in [-0.2, 0) is 21.4 Å². The molecule has 0 saturated carbocycles. The van der Waals surface area contributed by atoms with E-state index in [1.54, 1.807) is 6.07 Å². The average Bonchev–Trinajstić information content (AvgIpc) is 2.98. The van der Waals surface area contributed by atoms with Crippen LogP contribution in [0, 0.1) is 13.8 Å². The second-order valence-corrected chi connectivity index (χ2v) is 8.30. The molecule has 0 aliphatic rings. The van der Waals surface area contributed by atoms with Gasteiger partial charge >= 0.3 is 0 Å². The second kappa shape index (κ2) is 9.31. The molecular formula is C19H28N4O4S. The zero-order chi connectivity index (χ0) is 20.9. The lowest BCUT2D eigenvalue weighted by Crippen LogP contribution is -2.41. The predicted octanol–water partition coefficient (Wildman–Crippen LogP) is 2.44. The highest BCUT2D eigenvalue weighted by Gasteiger charge is 2.28. The topological polar surface area (TPSA) is 105 Å². The Morgan fingerprint density at radius 1 is 1.25 bits per heavy atom. The minimum Gasteiger partial charge on any atom is -0.360 e. The zero-order valence-electron chi connectivity index (χ0n) is 16.9. The number of aryl methyl sites for hydroxylation is 2. The van der Waals surface area contributed by atoms with Crippen LogP contribution in [0.5, 0.6) is 0 Å². The molecule has 0 fully saturated rings. The summed E-state index contributed by atoms with van der Waals surface area (Å²) in [6.45, 7) is 11.4.